The Morgan fingerprint density at radius 1 is 0.873 bits per heavy atom. The first kappa shape index (κ1) is 48.2. The number of fused-ring (bicyclic) bond motifs is 5. The molecule has 2 heterocycles. The number of carbonyl (C=O) groups excluding carboxylic acids is 3. The van der Waals surface area contributed by atoms with Crippen LogP contribution in [0.4, 0.5) is 0 Å². The fraction of sp³-hybridized carbons (Fsp3) is 0.780. The van der Waals surface area contributed by atoms with E-state index in [1.807, 2.05) is 20.8 Å². The third kappa shape index (κ3) is 9.20. The van der Waals surface area contributed by atoms with Gasteiger partial charge in [-0.25, -0.2) is 4.79 Å². The van der Waals surface area contributed by atoms with E-state index in [9.17, 15) is 34.8 Å². The summed E-state index contributed by atoms with van der Waals surface area (Å²) in [5.41, 5.74) is 0.310. The quantitative estimate of drug-likeness (QED) is 0.119. The number of aliphatic hydroxyl groups is 4. The zero-order valence-corrected chi connectivity index (χ0v) is 38.7. The zero-order chi connectivity index (χ0) is 45.6. The van der Waals surface area contributed by atoms with Crippen molar-refractivity contribution in [3.05, 3.63) is 47.0 Å². The molecular formula is C50H74O13. The fourth-order valence-electron chi connectivity index (χ4n) is 12.6. The van der Waals surface area contributed by atoms with E-state index in [1.54, 1.807) is 31.2 Å². The minimum absolute atomic E-state index is 0.00758. The summed E-state index contributed by atoms with van der Waals surface area (Å²) in [5.74, 6) is -1.29. The number of aliphatic hydroxyl groups excluding tert-OH is 3. The summed E-state index contributed by atoms with van der Waals surface area (Å²) in [4.78, 5) is 39.8. The molecule has 9 unspecified atom stereocenters. The maximum Gasteiger partial charge on any atom is 0.338 e. The number of esters is 2. The van der Waals surface area contributed by atoms with Gasteiger partial charge in [0.15, 0.2) is 18.7 Å². The normalized spacial score (nSPS) is 41.7. The first-order valence-electron chi connectivity index (χ1n) is 23.8. The van der Waals surface area contributed by atoms with E-state index in [4.69, 9.17) is 28.4 Å². The topological polar surface area (TPSA) is 188 Å². The molecule has 0 bridgehead atoms. The molecule has 0 amide bonds. The molecule has 63 heavy (non-hydrogen) atoms. The molecule has 3 saturated carbocycles. The largest absolute Gasteiger partial charge is 0.462 e. The number of ether oxygens (including phenoxy) is 6. The predicted octanol–water partition coefficient (Wildman–Crippen LogP) is 6.38. The molecule has 7 rings (SSSR count). The molecule has 6 aliphatic rings. The lowest BCUT2D eigenvalue weighted by Crippen LogP contribution is -2.62. The summed E-state index contributed by atoms with van der Waals surface area (Å²) >= 11 is 0. The Labute approximate surface area is 373 Å². The van der Waals surface area contributed by atoms with E-state index in [-0.39, 0.29) is 53.9 Å². The molecule has 0 radical (unpaired) electrons. The van der Waals surface area contributed by atoms with Crippen LogP contribution in [0, 0.1) is 53.3 Å². The van der Waals surface area contributed by atoms with E-state index in [0.717, 1.165) is 50.5 Å². The number of Topliss-reactive ketones (excluding diaryl/α,β-unsaturated/α-hetero) is 1. The highest BCUT2D eigenvalue weighted by atomic mass is 16.7. The monoisotopic (exact) mass is 883 g/mol. The maximum absolute atomic E-state index is 14.2. The van der Waals surface area contributed by atoms with Gasteiger partial charge in [0.2, 0.25) is 0 Å². The third-order valence-corrected chi connectivity index (χ3v) is 16.5. The maximum atomic E-state index is 14.2. The van der Waals surface area contributed by atoms with Gasteiger partial charge >= 0.3 is 11.9 Å². The van der Waals surface area contributed by atoms with Crippen LogP contribution >= 0.6 is 0 Å². The van der Waals surface area contributed by atoms with Crippen LogP contribution in [0.5, 0.6) is 0 Å². The molecule has 352 valence electrons. The van der Waals surface area contributed by atoms with Crippen molar-refractivity contribution in [1.82, 2.24) is 0 Å². The lowest BCUT2D eigenvalue weighted by Gasteiger charge is -2.59. The number of rotatable bonds is 14. The fourth-order valence-corrected chi connectivity index (χ4v) is 12.6. The Morgan fingerprint density at radius 3 is 2.27 bits per heavy atom. The second kappa shape index (κ2) is 19.2. The van der Waals surface area contributed by atoms with Crippen LogP contribution in [-0.4, -0.2) is 112 Å². The molecular weight excluding hydrogens is 809 g/mol. The number of allylic oxidation sites excluding steroid dienone is 1. The highest BCUT2D eigenvalue weighted by Crippen LogP contribution is 2.69. The Morgan fingerprint density at radius 2 is 1.57 bits per heavy atom. The summed E-state index contributed by atoms with van der Waals surface area (Å²) in [6.45, 7) is 15.8. The Kier molecular flexibility index (Phi) is 14.7. The van der Waals surface area contributed by atoms with E-state index in [1.165, 1.54) is 5.57 Å². The van der Waals surface area contributed by atoms with Crippen molar-refractivity contribution >= 4 is 17.7 Å². The molecule has 0 spiro atoms. The van der Waals surface area contributed by atoms with E-state index in [0.29, 0.717) is 37.5 Å². The van der Waals surface area contributed by atoms with Gasteiger partial charge in [0.05, 0.1) is 31.0 Å². The number of benzene rings is 1. The second-order valence-corrected chi connectivity index (χ2v) is 20.9. The van der Waals surface area contributed by atoms with Gasteiger partial charge < -0.3 is 48.8 Å². The number of ketones is 1. The average Bonchev–Trinajstić information content (AvgIpc) is 3.47. The highest BCUT2D eigenvalue weighted by Gasteiger charge is 2.70. The summed E-state index contributed by atoms with van der Waals surface area (Å²) in [6, 6.07) is 6.74. The molecule has 1 aromatic rings. The molecule has 4 aliphatic carbocycles. The molecule has 2 saturated heterocycles. The van der Waals surface area contributed by atoms with Crippen molar-refractivity contribution in [3.63, 3.8) is 0 Å². The van der Waals surface area contributed by atoms with Crippen LogP contribution in [0.15, 0.2) is 35.9 Å². The molecule has 5 fully saturated rings. The summed E-state index contributed by atoms with van der Waals surface area (Å²) in [6.07, 6.45) is 0.436. The van der Waals surface area contributed by atoms with Crippen molar-refractivity contribution in [2.24, 2.45) is 46.3 Å². The molecule has 2 aliphatic heterocycles. The van der Waals surface area contributed by atoms with E-state index < -0.39 is 78.0 Å². The molecule has 4 N–H and O–H groups in total. The zero-order valence-electron chi connectivity index (χ0n) is 38.7. The smallest absolute Gasteiger partial charge is 0.338 e. The van der Waals surface area contributed by atoms with Gasteiger partial charge in [-0.2, -0.15) is 0 Å². The number of hydrogen-bond donors (Lipinski definition) is 4. The highest BCUT2D eigenvalue weighted by molar-refractivity contribution is 5.89. The van der Waals surface area contributed by atoms with E-state index >= 15 is 0 Å². The SMILES string of the molecule is CCCC(=O)O[C@H]1CC[C@@]2(C)C(=CC[C@@H]3C2CC[C@@]2(C)[C@H]3C[C@H](OC3OCC(O)C(OC4OCC(O)C(O)C4OC(=O)c4ccc(C)cc4)C3C)[C@]2(O)[C@H](C)C(=O)CCC(C)C)C1. The van der Waals surface area contributed by atoms with Crippen molar-refractivity contribution in [1.29, 1.82) is 0 Å². The van der Waals surface area contributed by atoms with Crippen molar-refractivity contribution in [2.45, 2.75) is 187 Å². The van der Waals surface area contributed by atoms with Gasteiger partial charge in [-0.15, -0.1) is 0 Å². The second-order valence-electron chi connectivity index (χ2n) is 20.9. The molecule has 17 atom stereocenters. The summed E-state index contributed by atoms with van der Waals surface area (Å²) in [7, 11) is 0. The van der Waals surface area contributed by atoms with Gasteiger partial charge in [0.25, 0.3) is 0 Å². The van der Waals surface area contributed by atoms with Crippen molar-refractivity contribution in [2.75, 3.05) is 13.2 Å². The van der Waals surface area contributed by atoms with Crippen LogP contribution in [0.25, 0.3) is 0 Å². The Balaban J connectivity index is 1.13. The van der Waals surface area contributed by atoms with Gasteiger partial charge in [-0.1, -0.05) is 77.8 Å². The lowest BCUT2D eigenvalue weighted by molar-refractivity contribution is -0.333. The van der Waals surface area contributed by atoms with Gasteiger partial charge in [0.1, 0.15) is 35.8 Å². The van der Waals surface area contributed by atoms with Crippen LogP contribution in [0.1, 0.15) is 135 Å². The summed E-state index contributed by atoms with van der Waals surface area (Å²) in [5, 5.41) is 46.4. The van der Waals surface area contributed by atoms with Gasteiger partial charge in [0, 0.05) is 36.5 Å². The Bertz CT molecular complexity index is 1810. The average molecular weight is 883 g/mol. The number of carbonyl (C=O) groups is 3. The Hall–Kier alpha value is -2.75. The first-order valence-corrected chi connectivity index (χ1v) is 23.8. The lowest BCUT2D eigenvalue weighted by atomic mass is 9.46. The van der Waals surface area contributed by atoms with Crippen LogP contribution in [-0.2, 0) is 38.0 Å². The summed E-state index contributed by atoms with van der Waals surface area (Å²) < 4.78 is 37.0. The molecule has 1 aromatic carbocycles. The van der Waals surface area contributed by atoms with Crippen LogP contribution in [0.2, 0.25) is 0 Å². The number of hydrogen-bond acceptors (Lipinski definition) is 13. The van der Waals surface area contributed by atoms with Crippen LogP contribution in [0.3, 0.4) is 0 Å². The van der Waals surface area contributed by atoms with Gasteiger partial charge in [-0.3, -0.25) is 9.59 Å². The standard InChI is InChI=1S/C50H74O13/c1-9-10-41(54)60-33-19-21-48(7)32(23-33)16-17-34-35(48)20-22-49(8)36(34)24-40(50(49,57)30(6)37(51)18-11-27(2)3)61-46-29(5)43(39(53)26-58-46)63-47-44(42(55)38(52)25-59-47)62-45(56)31-14-12-28(4)13-15-31/h12-16,27,29-30,33-36,38-40,42-44,46-47,52-53,55,57H,9-11,17-26H2,1-8H3/t29?,30-,33+,34-,35?,36+,38?,39?,40+,42?,43?,44?,46?,47?,48+,49+,50-/m1/s1. The predicted molar refractivity (Wildman–Crippen MR) is 232 cm³/mol. The minimum Gasteiger partial charge on any atom is -0.462 e. The number of aryl methyl sites for hydroxylation is 1. The first-order chi connectivity index (χ1) is 29.8. The minimum atomic E-state index is -1.54. The molecule has 0 aromatic heterocycles. The van der Waals surface area contributed by atoms with Crippen molar-refractivity contribution < 1.29 is 63.2 Å². The molecule has 13 nitrogen and oxygen atoms in total. The van der Waals surface area contributed by atoms with Gasteiger partial charge in [-0.05, 0) is 99.5 Å². The molecule has 13 heteroatoms. The third-order valence-electron chi connectivity index (χ3n) is 16.5. The van der Waals surface area contributed by atoms with E-state index in [2.05, 4.69) is 33.8 Å². The van der Waals surface area contributed by atoms with Crippen LogP contribution < -0.4 is 0 Å². The van der Waals surface area contributed by atoms with Crippen molar-refractivity contribution in [3.8, 4) is 0 Å².